The maximum atomic E-state index is 15.3. The zero-order valence-corrected chi connectivity index (χ0v) is 79.5. The molecule has 6 N–H and O–H groups in total. The summed E-state index contributed by atoms with van der Waals surface area (Å²) >= 11 is 0.250. The largest absolute Gasteiger partial charge is 0.416 e. The number of carbonyl (C=O) groups is 6. The molecule has 15 nitrogen and oxygen atoms in total. The van der Waals surface area contributed by atoms with Crippen molar-refractivity contribution >= 4 is 98.8 Å². The van der Waals surface area contributed by atoms with Gasteiger partial charge >= 0.3 is 18.5 Å². The van der Waals surface area contributed by atoms with Crippen LogP contribution in [-0.4, -0.2) is 59.8 Å². The molecule has 0 bridgehead atoms. The fourth-order valence-electron chi connectivity index (χ4n) is 20.4. The highest BCUT2D eigenvalue weighted by molar-refractivity contribution is 7.93. The summed E-state index contributed by atoms with van der Waals surface area (Å²) in [7, 11) is 0. The first-order valence-corrected chi connectivity index (χ1v) is 48.3. The van der Waals surface area contributed by atoms with Gasteiger partial charge in [-0.2, -0.15) is 43.4 Å². The van der Waals surface area contributed by atoms with Crippen molar-refractivity contribution < 1.29 is 85.3 Å². The second kappa shape index (κ2) is 45.1. The molecule has 0 radical (unpaired) electrons. The molecule has 18 rings (SSSR count). The van der Waals surface area contributed by atoms with Crippen LogP contribution in [0.2, 0.25) is 0 Å². The Labute approximate surface area is 822 Å². The molecule has 6 aliphatic rings. The minimum atomic E-state index is -4.59. The van der Waals surface area contributed by atoms with Crippen LogP contribution in [0.25, 0.3) is 0 Å². The Morgan fingerprint density at radius 2 is 0.528 bits per heavy atom. The van der Waals surface area contributed by atoms with E-state index in [4.69, 9.17) is 0 Å². The normalized spacial score (nSPS) is 17.9. The third-order valence-corrected chi connectivity index (χ3v) is 27.4. The molecule has 12 aromatic rings. The summed E-state index contributed by atoms with van der Waals surface area (Å²) in [6.45, 7) is 9.06. The molecule has 29 heteroatoms. The zero-order chi connectivity index (χ0) is 100. The van der Waals surface area contributed by atoms with E-state index in [-0.39, 0.29) is 89.3 Å². The Morgan fingerprint density at radius 1 is 0.303 bits per heavy atom. The Balaban J connectivity index is 0.000000166. The lowest BCUT2D eigenvalue weighted by atomic mass is 9.80. The quantitative estimate of drug-likeness (QED) is 0.0452. The van der Waals surface area contributed by atoms with Crippen LogP contribution in [0.5, 0.6) is 0 Å². The minimum absolute atomic E-state index is 0. The van der Waals surface area contributed by atoms with E-state index >= 15 is 13.2 Å². The van der Waals surface area contributed by atoms with Crippen molar-refractivity contribution in [1.82, 2.24) is 0 Å². The molecule has 3 aliphatic heterocycles. The molecule has 0 unspecified atom stereocenters. The molecule has 0 aromatic heterocycles. The average Bonchev–Trinajstić information content (AvgIpc) is 1.66. The van der Waals surface area contributed by atoms with Gasteiger partial charge in [-0.05, 0) is 275 Å². The first kappa shape index (κ1) is 104. The number of carbonyl (C=O) groups excluding carboxylic acids is 6. The van der Waals surface area contributed by atoms with Crippen molar-refractivity contribution in [1.29, 1.82) is 0 Å². The number of hydrogen-bond donors (Lipinski definition) is 6. The lowest BCUT2D eigenvalue weighted by Gasteiger charge is -2.42. The van der Waals surface area contributed by atoms with E-state index < -0.39 is 124 Å². The van der Waals surface area contributed by atoms with Crippen molar-refractivity contribution in [3.63, 3.8) is 0 Å². The van der Waals surface area contributed by atoms with Crippen LogP contribution in [-0.2, 0) is 52.2 Å². The predicted octanol–water partition coefficient (Wildman–Crippen LogP) is 28.9. The second-order valence-corrected chi connectivity index (χ2v) is 37.2. The number of fused-ring (bicyclic) bond motifs is 3. The van der Waals surface area contributed by atoms with Crippen molar-refractivity contribution in [2.75, 3.05) is 52.9 Å². The van der Waals surface area contributed by atoms with Crippen LogP contribution in [0.3, 0.4) is 0 Å². The third-order valence-electron chi connectivity index (χ3n) is 27.4. The molecule has 3 saturated carbocycles. The van der Waals surface area contributed by atoms with Crippen molar-refractivity contribution in [2.45, 2.75) is 200 Å². The summed E-state index contributed by atoms with van der Waals surface area (Å²) < 4.78 is 179. The van der Waals surface area contributed by atoms with E-state index in [2.05, 4.69) is 31.9 Å². The van der Waals surface area contributed by atoms with E-state index in [9.17, 15) is 72.2 Å². The van der Waals surface area contributed by atoms with Crippen LogP contribution in [0.4, 0.5) is 108 Å². The number of amides is 6. The van der Waals surface area contributed by atoms with Gasteiger partial charge in [0.25, 0.3) is 17.7 Å². The number of hydrogen-bond acceptors (Lipinski definition) is 10. The van der Waals surface area contributed by atoms with Gasteiger partial charge in [0.2, 0.25) is 17.7 Å². The molecule has 6 amide bonds. The Kier molecular flexibility index (Phi) is 33.0. The Morgan fingerprint density at radius 3 is 0.754 bits per heavy atom. The number of nitrogens with zero attached hydrogens (tertiary/aromatic N) is 3. The van der Waals surface area contributed by atoms with Crippen LogP contribution < -0.4 is 46.6 Å². The summed E-state index contributed by atoms with van der Waals surface area (Å²) in [5.41, 5.74) is 7.05. The zero-order valence-electron chi connectivity index (χ0n) is 78.7. The van der Waals surface area contributed by atoms with E-state index in [0.717, 1.165) is 73.8 Å². The number of alkyl halides is 9. The molecule has 3 aliphatic carbocycles. The van der Waals surface area contributed by atoms with Crippen molar-refractivity contribution in [2.24, 2.45) is 17.8 Å². The van der Waals surface area contributed by atoms with Gasteiger partial charge in [-0.3, -0.25) is 43.5 Å². The number of aryl methyl sites for hydroxylation is 6. The number of anilines is 9. The van der Waals surface area contributed by atoms with Gasteiger partial charge in [0.05, 0.1) is 69.3 Å². The van der Waals surface area contributed by atoms with E-state index in [1.54, 1.807) is 93.6 Å². The fourth-order valence-corrected chi connectivity index (χ4v) is 20.4. The number of para-hydroxylation sites is 3. The van der Waals surface area contributed by atoms with Gasteiger partial charge in [0.1, 0.15) is 17.5 Å². The third kappa shape index (κ3) is 23.7. The van der Waals surface area contributed by atoms with E-state index in [0.29, 0.717) is 85.3 Å². The first-order chi connectivity index (χ1) is 67.4. The monoisotopic (exact) mass is 1970 g/mol. The Hall–Kier alpha value is -13.7. The average molecular weight is 1970 g/mol. The molecule has 3 heterocycles. The van der Waals surface area contributed by atoms with Gasteiger partial charge < -0.3 is 31.9 Å². The number of rotatable bonds is 18. The Bertz CT molecular complexity index is 5880. The van der Waals surface area contributed by atoms with Crippen LogP contribution in [0, 0.1) is 76.7 Å². The topological polar surface area (TPSA) is 184 Å². The lowest BCUT2D eigenvalue weighted by Crippen LogP contribution is -2.47. The summed E-state index contributed by atoms with van der Waals surface area (Å²) in [5.74, 6) is -8.21. The van der Waals surface area contributed by atoms with Gasteiger partial charge in [0, 0.05) is 87.7 Å². The van der Waals surface area contributed by atoms with Crippen molar-refractivity contribution in [3.8, 4) is 0 Å². The van der Waals surface area contributed by atoms with Gasteiger partial charge in [-0.1, -0.05) is 192 Å². The highest BCUT2D eigenvalue weighted by Gasteiger charge is 2.49. The molecule has 3 fully saturated rings. The molecule has 0 saturated heterocycles. The number of halogens is 13. The summed E-state index contributed by atoms with van der Waals surface area (Å²) in [4.78, 5) is 90.1. The molecule has 142 heavy (non-hydrogen) atoms. The van der Waals surface area contributed by atoms with E-state index in [1.165, 1.54) is 153 Å². The molecular formula is C113H112F13N9O6S. The van der Waals surface area contributed by atoms with Crippen molar-refractivity contribution in [3.05, 3.63) is 372 Å². The summed E-state index contributed by atoms with van der Waals surface area (Å²) in [6.07, 6.45) is 1.80. The standard InChI is InChI=1S/3C37H35F4N3O2.CH3FS.CH4/c3*1-22-14-17-28(21-30(22)37(39,40)41)43-35(45)29-20-25-9-3-6-13-32(25)44(36(46)33-23(2)8-7-12-31(33)38)34(29)24-15-18-27(19-16-24)42-26-10-4-5-11-26;1-3-2;/h3*3,6-9,12-19,21,26,29,34,42H,4-5,10-11,20H2,1-2H3,(H,43,45);1H3;1H4/t3*29-,34-;;/m100../s1. The highest BCUT2D eigenvalue weighted by Crippen LogP contribution is 2.50. The van der Waals surface area contributed by atoms with Gasteiger partial charge in [-0.25, -0.2) is 13.2 Å². The smallest absolute Gasteiger partial charge is 0.382 e. The molecule has 12 aromatic carbocycles. The maximum Gasteiger partial charge on any atom is 0.416 e. The SMILES string of the molecule is C.CSF.Cc1ccc(NC(=O)[C@@H]2Cc3ccccc3N(C(=O)c3c(C)cccc3F)[C@@H]2c2ccc(NC3CCCC3)cc2)cc1C(F)(F)F.Cc1ccc(NC(=O)[C@H]2Cc3ccccc3N(C(=O)c3c(C)cccc3F)[C@H]2c2ccc(NC3CCCC3)cc2)cc1C(F)(F)F.Cc1ccc(NC(=O)[C@H]2Cc3ccccc3N(C(=O)c3c(C)cccc3F)[C@H]2c2ccc(NC3CCCC3)cc2)cc1C(F)(F)F. The maximum absolute atomic E-state index is 15.3. The van der Waals surface area contributed by atoms with Crippen LogP contribution in [0.15, 0.2) is 255 Å². The van der Waals surface area contributed by atoms with Crippen LogP contribution >= 0.6 is 12.1 Å². The summed E-state index contributed by atoms with van der Waals surface area (Å²) in [6, 6.07) is 66.9. The predicted molar refractivity (Wildman–Crippen MR) is 536 cm³/mol. The van der Waals surface area contributed by atoms with E-state index in [1.807, 2.05) is 91.0 Å². The molecule has 0 spiro atoms. The lowest BCUT2D eigenvalue weighted by molar-refractivity contribution is -0.138. The van der Waals surface area contributed by atoms with Gasteiger partial charge in [0.15, 0.2) is 0 Å². The van der Waals surface area contributed by atoms with Crippen LogP contribution in [0.1, 0.15) is 217 Å². The summed E-state index contributed by atoms with van der Waals surface area (Å²) in [5, 5.41) is 18.7. The molecular weight excluding hydrogens is 1860 g/mol. The molecule has 6 atom stereocenters. The second-order valence-electron chi connectivity index (χ2n) is 36.9. The first-order valence-electron chi connectivity index (χ1n) is 47.1. The van der Waals surface area contributed by atoms with Gasteiger partial charge in [-0.15, -0.1) is 0 Å². The number of benzene rings is 12. The molecule has 742 valence electrons. The highest BCUT2D eigenvalue weighted by atomic mass is 32.2. The number of nitrogens with one attached hydrogen (secondary N) is 6. The fraction of sp³-hybridized carbons (Fsp3) is 0.310. The minimum Gasteiger partial charge on any atom is -0.382 e.